The van der Waals surface area contributed by atoms with Crippen LogP contribution in [0, 0.1) is 0 Å². The van der Waals surface area contributed by atoms with E-state index in [0.29, 0.717) is 22.1 Å². The lowest BCUT2D eigenvalue weighted by Crippen LogP contribution is -2.36. The first kappa shape index (κ1) is 17.2. The lowest BCUT2D eigenvalue weighted by Gasteiger charge is -2.15. The van der Waals surface area contributed by atoms with Gasteiger partial charge in [0.25, 0.3) is 10.9 Å². The molecule has 3 rings (SSSR count). The molecule has 0 atom stereocenters. The van der Waals surface area contributed by atoms with Crippen molar-refractivity contribution in [2.75, 3.05) is 17.7 Å². The van der Waals surface area contributed by atoms with Crippen molar-refractivity contribution in [2.45, 2.75) is 6.54 Å². The van der Waals surface area contributed by atoms with Crippen molar-refractivity contribution in [1.82, 2.24) is 0 Å². The monoisotopic (exact) mass is 376 g/mol. The number of halogens is 1. The van der Waals surface area contributed by atoms with Gasteiger partial charge in [0.15, 0.2) is 0 Å². The highest BCUT2D eigenvalue weighted by atomic mass is 35.5. The molecule has 0 aliphatic carbocycles. The highest BCUT2D eigenvalue weighted by Crippen LogP contribution is 2.28. The molecule has 0 amide bonds. The van der Waals surface area contributed by atoms with Gasteiger partial charge in [0.2, 0.25) is 0 Å². The third-order valence-corrected chi connectivity index (χ3v) is 4.88. The summed E-state index contributed by atoms with van der Waals surface area (Å²) in [6.45, 7) is 0.298. The molecule has 1 aromatic heterocycles. The molecule has 6 nitrogen and oxygen atoms in total. The number of anilines is 3. The quantitative estimate of drug-likeness (QED) is 0.508. The van der Waals surface area contributed by atoms with Crippen molar-refractivity contribution in [1.29, 1.82) is 0 Å². The minimum absolute atomic E-state index is 0.126. The zero-order chi connectivity index (χ0) is 18.0. The third kappa shape index (κ3) is 3.29. The number of ether oxygens (including phenoxy) is 1. The molecule has 3 aromatic rings. The summed E-state index contributed by atoms with van der Waals surface area (Å²) in [7, 11) is 1.28. The van der Waals surface area contributed by atoms with Gasteiger partial charge in [-0.2, -0.15) is 0 Å². The Morgan fingerprint density at radius 1 is 1.16 bits per heavy atom. The van der Waals surface area contributed by atoms with Crippen molar-refractivity contribution >= 4 is 46.0 Å². The predicted molar refractivity (Wildman–Crippen MR) is 99.1 cm³/mol. The number of thiophene rings is 1. The Morgan fingerprint density at radius 3 is 2.60 bits per heavy atom. The molecule has 0 saturated heterocycles. The lowest BCUT2D eigenvalue weighted by atomic mass is 10.1. The van der Waals surface area contributed by atoms with Crippen molar-refractivity contribution in [2.24, 2.45) is 0 Å². The average Bonchev–Trinajstić information content (AvgIpc) is 3.09. The van der Waals surface area contributed by atoms with Crippen LogP contribution in [0.2, 0.25) is 5.02 Å². The summed E-state index contributed by atoms with van der Waals surface area (Å²) in [6, 6.07) is 8.85. The normalized spacial score (nSPS) is 10.6. The van der Waals surface area contributed by atoms with Crippen LogP contribution in [0.3, 0.4) is 0 Å². The number of hydrogen-bond donors (Lipinski definition) is 2. The van der Waals surface area contributed by atoms with E-state index in [1.807, 2.05) is 12.1 Å². The van der Waals surface area contributed by atoms with Gasteiger partial charge in [0.1, 0.15) is 16.3 Å². The van der Waals surface area contributed by atoms with Gasteiger partial charge in [-0.25, -0.2) is 4.79 Å². The zero-order valence-electron chi connectivity index (χ0n) is 13.1. The summed E-state index contributed by atoms with van der Waals surface area (Å²) in [6.07, 6.45) is 0. The first-order chi connectivity index (χ1) is 12.0. The number of esters is 1. The van der Waals surface area contributed by atoms with Crippen LogP contribution in [0.5, 0.6) is 0 Å². The predicted octanol–water partition coefficient (Wildman–Crippen LogP) is 3.14. The Bertz CT molecular complexity index is 1000. The van der Waals surface area contributed by atoms with Crippen LogP contribution in [0.4, 0.5) is 17.1 Å². The first-order valence-electron chi connectivity index (χ1n) is 7.26. The van der Waals surface area contributed by atoms with Gasteiger partial charge >= 0.3 is 5.97 Å². The number of nitrogens with one attached hydrogen (secondary N) is 2. The molecule has 0 saturated carbocycles. The van der Waals surface area contributed by atoms with Crippen LogP contribution in [0.15, 0.2) is 45.3 Å². The summed E-state index contributed by atoms with van der Waals surface area (Å²) in [4.78, 5) is 35.8. The highest BCUT2D eigenvalue weighted by Gasteiger charge is 2.23. The van der Waals surface area contributed by atoms with Gasteiger partial charge in [-0.1, -0.05) is 29.8 Å². The van der Waals surface area contributed by atoms with Crippen molar-refractivity contribution in [3.63, 3.8) is 0 Å². The molecule has 2 aromatic carbocycles. The molecule has 0 aliphatic heterocycles. The Hall–Kier alpha value is -2.64. The maximum atomic E-state index is 11.9. The highest BCUT2D eigenvalue weighted by molar-refractivity contribution is 7.12. The van der Waals surface area contributed by atoms with Crippen LogP contribution in [0.1, 0.15) is 15.2 Å². The van der Waals surface area contributed by atoms with Crippen molar-refractivity contribution in [3.05, 3.63) is 71.6 Å². The van der Waals surface area contributed by atoms with Crippen LogP contribution in [-0.2, 0) is 11.3 Å². The number of hydrogen-bond acceptors (Lipinski definition) is 7. The van der Waals surface area contributed by atoms with E-state index in [2.05, 4.69) is 10.6 Å². The molecule has 1 heterocycles. The fourth-order valence-corrected chi connectivity index (χ4v) is 3.27. The van der Waals surface area contributed by atoms with Crippen molar-refractivity contribution < 1.29 is 9.53 Å². The Labute approximate surface area is 151 Å². The van der Waals surface area contributed by atoms with Crippen molar-refractivity contribution in [3.8, 4) is 0 Å². The van der Waals surface area contributed by atoms with Crippen LogP contribution < -0.4 is 21.5 Å². The van der Waals surface area contributed by atoms with E-state index in [-0.39, 0.29) is 11.4 Å². The SMILES string of the molecule is COC(=O)c1sccc1Nc1c(NCc2ccccc2Cl)c(=O)c1=O. The maximum absolute atomic E-state index is 11.9. The molecule has 0 spiro atoms. The van der Waals surface area contributed by atoms with E-state index in [4.69, 9.17) is 16.3 Å². The summed E-state index contributed by atoms with van der Waals surface area (Å²) in [5, 5.41) is 8.03. The van der Waals surface area contributed by atoms with E-state index in [1.54, 1.807) is 23.6 Å². The zero-order valence-corrected chi connectivity index (χ0v) is 14.7. The van der Waals surface area contributed by atoms with Gasteiger partial charge in [0.05, 0.1) is 12.8 Å². The lowest BCUT2D eigenvalue weighted by molar-refractivity contribution is 0.0607. The Morgan fingerprint density at radius 2 is 1.88 bits per heavy atom. The topological polar surface area (TPSA) is 84.5 Å². The number of rotatable bonds is 6. The van der Waals surface area contributed by atoms with Crippen LogP contribution in [0.25, 0.3) is 0 Å². The Kier molecular flexibility index (Phi) is 4.87. The number of methoxy groups -OCH3 is 1. The molecule has 0 unspecified atom stereocenters. The molecule has 2 N–H and O–H groups in total. The van der Waals surface area contributed by atoms with E-state index in [0.717, 1.165) is 5.56 Å². The van der Waals surface area contributed by atoms with Gasteiger partial charge in [-0.3, -0.25) is 9.59 Å². The molecule has 0 fully saturated rings. The molecule has 8 heteroatoms. The average molecular weight is 377 g/mol. The number of benzene rings is 1. The maximum Gasteiger partial charge on any atom is 0.350 e. The molecular weight excluding hydrogens is 364 g/mol. The summed E-state index contributed by atoms with van der Waals surface area (Å²) in [5.41, 5.74) is 0.277. The van der Waals surface area contributed by atoms with Gasteiger partial charge in [-0.15, -0.1) is 11.3 Å². The fourth-order valence-electron chi connectivity index (χ4n) is 2.30. The molecule has 128 valence electrons. The standard InChI is InChI=1S/C17H13ClN2O4S/c1-24-17(23)16-11(6-7-25-16)20-13-12(14(21)15(13)22)19-8-9-4-2-3-5-10(9)18/h2-7,19-20H,8H2,1H3. The summed E-state index contributed by atoms with van der Waals surface area (Å²) in [5.74, 6) is -0.512. The number of carbonyl (C=O) groups excluding carboxylic acids is 1. The minimum atomic E-state index is -0.635. The molecule has 0 aliphatic rings. The molecular formula is C17H13ClN2O4S. The fraction of sp³-hybridized carbons (Fsp3) is 0.118. The van der Waals surface area contributed by atoms with E-state index in [9.17, 15) is 14.4 Å². The molecule has 0 bridgehead atoms. The van der Waals surface area contributed by atoms with E-state index < -0.39 is 16.8 Å². The first-order valence-corrected chi connectivity index (χ1v) is 8.52. The summed E-state index contributed by atoms with van der Waals surface area (Å²) >= 11 is 7.26. The summed E-state index contributed by atoms with van der Waals surface area (Å²) < 4.78 is 4.70. The Balaban J connectivity index is 1.81. The van der Waals surface area contributed by atoms with Gasteiger partial charge in [-0.05, 0) is 23.1 Å². The van der Waals surface area contributed by atoms with Crippen LogP contribution in [-0.4, -0.2) is 13.1 Å². The van der Waals surface area contributed by atoms with E-state index >= 15 is 0 Å². The van der Waals surface area contributed by atoms with Crippen LogP contribution >= 0.6 is 22.9 Å². The molecule has 25 heavy (non-hydrogen) atoms. The second kappa shape index (κ2) is 7.08. The minimum Gasteiger partial charge on any atom is -0.465 e. The second-order valence-electron chi connectivity index (χ2n) is 5.13. The second-order valence-corrected chi connectivity index (χ2v) is 6.46. The largest absolute Gasteiger partial charge is 0.465 e. The number of carbonyl (C=O) groups is 1. The van der Waals surface area contributed by atoms with Gasteiger partial charge < -0.3 is 15.4 Å². The van der Waals surface area contributed by atoms with E-state index in [1.165, 1.54) is 18.4 Å². The third-order valence-electron chi connectivity index (χ3n) is 3.62. The smallest absolute Gasteiger partial charge is 0.350 e. The van der Waals surface area contributed by atoms with Gasteiger partial charge in [0, 0.05) is 11.6 Å². The molecule has 0 radical (unpaired) electrons.